The van der Waals surface area contributed by atoms with Gasteiger partial charge in [0.2, 0.25) is 0 Å². The number of hydrogen-bond acceptors (Lipinski definition) is 4. The van der Waals surface area contributed by atoms with Crippen molar-refractivity contribution in [3.63, 3.8) is 0 Å². The third-order valence-electron chi connectivity index (χ3n) is 5.69. The highest BCUT2D eigenvalue weighted by Gasteiger charge is 2.24. The summed E-state index contributed by atoms with van der Waals surface area (Å²) in [5.41, 5.74) is 2.45. The summed E-state index contributed by atoms with van der Waals surface area (Å²) in [6.07, 6.45) is 0. The molecule has 0 bridgehead atoms. The fourth-order valence-electron chi connectivity index (χ4n) is 3.94. The van der Waals surface area contributed by atoms with Gasteiger partial charge in [-0.1, -0.05) is 60.1 Å². The summed E-state index contributed by atoms with van der Waals surface area (Å²) in [6.45, 7) is 2.66. The van der Waals surface area contributed by atoms with E-state index in [9.17, 15) is 4.79 Å². The lowest BCUT2D eigenvalue weighted by atomic mass is 10.1. The van der Waals surface area contributed by atoms with E-state index in [-0.39, 0.29) is 5.91 Å². The minimum atomic E-state index is -0.0250. The monoisotopic (exact) mass is 428 g/mol. The zero-order valence-electron chi connectivity index (χ0n) is 16.9. The topological polar surface area (TPSA) is 49.3 Å². The summed E-state index contributed by atoms with van der Waals surface area (Å²) in [7, 11) is 0. The number of aromatic nitrogens is 2. The van der Waals surface area contributed by atoms with Gasteiger partial charge in [-0.15, -0.1) is 10.2 Å². The maximum Gasteiger partial charge on any atom is 0.255 e. The van der Waals surface area contributed by atoms with E-state index in [1.807, 2.05) is 41.3 Å². The lowest BCUT2D eigenvalue weighted by Gasteiger charge is -2.35. The second-order valence-electron chi connectivity index (χ2n) is 7.60. The molecule has 0 spiro atoms. The molecule has 0 N–H and O–H groups in total. The molecule has 0 radical (unpaired) electrons. The van der Waals surface area contributed by atoms with E-state index in [0.29, 0.717) is 36.8 Å². The highest BCUT2D eigenvalue weighted by atomic mass is 35.5. The van der Waals surface area contributed by atoms with Gasteiger partial charge in [0, 0.05) is 31.7 Å². The number of piperazine rings is 1. The molecule has 5 rings (SSSR count). The van der Waals surface area contributed by atoms with Gasteiger partial charge in [0.05, 0.1) is 16.3 Å². The van der Waals surface area contributed by atoms with Crippen LogP contribution in [0.25, 0.3) is 22.0 Å². The van der Waals surface area contributed by atoms with E-state index in [1.165, 1.54) is 10.8 Å². The largest absolute Gasteiger partial charge is 0.352 e. The first-order valence-corrected chi connectivity index (χ1v) is 10.7. The molecule has 1 aromatic heterocycles. The molecule has 5 nitrogen and oxygen atoms in total. The van der Waals surface area contributed by atoms with E-state index < -0.39 is 0 Å². The van der Waals surface area contributed by atoms with Gasteiger partial charge in [-0.2, -0.15) is 0 Å². The molecule has 1 aliphatic heterocycles. The summed E-state index contributed by atoms with van der Waals surface area (Å²) in [6, 6.07) is 25.8. The van der Waals surface area contributed by atoms with Crippen LogP contribution in [-0.2, 0) is 0 Å². The molecule has 3 aromatic carbocycles. The Morgan fingerprint density at radius 2 is 1.52 bits per heavy atom. The summed E-state index contributed by atoms with van der Waals surface area (Å²) in [5, 5.41) is 11.8. The average Bonchev–Trinajstić information content (AvgIpc) is 2.84. The van der Waals surface area contributed by atoms with Gasteiger partial charge in [0.1, 0.15) is 0 Å². The van der Waals surface area contributed by atoms with Crippen molar-refractivity contribution in [3.8, 4) is 11.3 Å². The molecule has 0 atom stereocenters. The first kappa shape index (κ1) is 19.5. The van der Waals surface area contributed by atoms with Crippen molar-refractivity contribution in [2.75, 3.05) is 31.1 Å². The molecule has 0 saturated carbocycles. The SMILES string of the molecule is O=C(c1ccccc1Cl)N1CCN(c2ccc(-c3ccc4ccccc4c3)nn2)CC1. The molecule has 154 valence electrons. The predicted molar refractivity (Wildman–Crippen MR) is 125 cm³/mol. The van der Waals surface area contributed by atoms with Crippen LogP contribution in [0.15, 0.2) is 78.9 Å². The summed E-state index contributed by atoms with van der Waals surface area (Å²) < 4.78 is 0. The number of fused-ring (bicyclic) bond motifs is 1. The van der Waals surface area contributed by atoms with Crippen LogP contribution in [0.2, 0.25) is 5.02 Å². The summed E-state index contributed by atoms with van der Waals surface area (Å²) in [4.78, 5) is 16.8. The van der Waals surface area contributed by atoms with Gasteiger partial charge in [0.25, 0.3) is 5.91 Å². The summed E-state index contributed by atoms with van der Waals surface area (Å²) in [5.74, 6) is 0.803. The van der Waals surface area contributed by atoms with Crippen LogP contribution < -0.4 is 4.90 Å². The van der Waals surface area contributed by atoms with Crippen LogP contribution in [-0.4, -0.2) is 47.2 Å². The molecular formula is C25H21ClN4O. The van der Waals surface area contributed by atoms with Gasteiger partial charge in [0.15, 0.2) is 5.82 Å². The van der Waals surface area contributed by atoms with Crippen molar-refractivity contribution in [1.82, 2.24) is 15.1 Å². The summed E-state index contributed by atoms with van der Waals surface area (Å²) >= 11 is 6.18. The van der Waals surface area contributed by atoms with Gasteiger partial charge in [-0.25, -0.2) is 0 Å². The molecule has 1 amide bonds. The number of carbonyl (C=O) groups excluding carboxylic acids is 1. The number of carbonyl (C=O) groups is 1. The molecule has 0 aliphatic carbocycles. The Bertz CT molecular complexity index is 1230. The first-order chi connectivity index (χ1) is 15.2. The molecule has 6 heteroatoms. The van der Waals surface area contributed by atoms with Crippen molar-refractivity contribution in [3.05, 3.63) is 89.4 Å². The number of amides is 1. The smallest absolute Gasteiger partial charge is 0.255 e. The van der Waals surface area contributed by atoms with Crippen LogP contribution >= 0.6 is 11.6 Å². The van der Waals surface area contributed by atoms with E-state index in [2.05, 4.69) is 45.4 Å². The Morgan fingerprint density at radius 3 is 2.26 bits per heavy atom. The minimum absolute atomic E-state index is 0.0250. The van der Waals surface area contributed by atoms with Crippen LogP contribution in [0.1, 0.15) is 10.4 Å². The normalized spacial score (nSPS) is 14.1. The fourth-order valence-corrected chi connectivity index (χ4v) is 4.16. The van der Waals surface area contributed by atoms with Gasteiger partial charge in [-0.05, 0) is 41.1 Å². The highest BCUT2D eigenvalue weighted by Crippen LogP contribution is 2.24. The maximum atomic E-state index is 12.8. The van der Waals surface area contributed by atoms with Crippen LogP contribution in [0.3, 0.4) is 0 Å². The Kier molecular flexibility index (Phi) is 5.26. The van der Waals surface area contributed by atoms with E-state index in [0.717, 1.165) is 17.1 Å². The number of benzene rings is 3. The third kappa shape index (κ3) is 3.97. The van der Waals surface area contributed by atoms with E-state index in [4.69, 9.17) is 11.6 Å². The number of hydrogen-bond donors (Lipinski definition) is 0. The predicted octanol–water partition coefficient (Wildman–Crippen LogP) is 4.91. The lowest BCUT2D eigenvalue weighted by Crippen LogP contribution is -2.49. The van der Waals surface area contributed by atoms with E-state index in [1.54, 1.807) is 12.1 Å². The van der Waals surface area contributed by atoms with Crippen LogP contribution in [0.4, 0.5) is 5.82 Å². The van der Waals surface area contributed by atoms with Crippen molar-refractivity contribution in [2.45, 2.75) is 0 Å². The Hall–Kier alpha value is -3.44. The quantitative estimate of drug-likeness (QED) is 0.465. The van der Waals surface area contributed by atoms with Crippen LogP contribution in [0.5, 0.6) is 0 Å². The van der Waals surface area contributed by atoms with Crippen molar-refractivity contribution < 1.29 is 4.79 Å². The van der Waals surface area contributed by atoms with E-state index >= 15 is 0 Å². The number of rotatable bonds is 3. The zero-order chi connectivity index (χ0) is 21.2. The number of nitrogens with zero attached hydrogens (tertiary/aromatic N) is 4. The Labute approximate surface area is 185 Å². The van der Waals surface area contributed by atoms with Gasteiger partial charge < -0.3 is 9.80 Å². The first-order valence-electron chi connectivity index (χ1n) is 10.3. The van der Waals surface area contributed by atoms with Crippen LogP contribution in [0, 0.1) is 0 Å². The number of anilines is 1. The maximum absolute atomic E-state index is 12.8. The molecule has 4 aromatic rings. The Balaban J connectivity index is 1.27. The van der Waals surface area contributed by atoms with Gasteiger partial charge >= 0.3 is 0 Å². The average molecular weight is 429 g/mol. The third-order valence-corrected chi connectivity index (χ3v) is 6.02. The second kappa shape index (κ2) is 8.36. The molecule has 2 heterocycles. The Morgan fingerprint density at radius 1 is 0.774 bits per heavy atom. The van der Waals surface area contributed by atoms with Crippen molar-refractivity contribution in [1.29, 1.82) is 0 Å². The highest BCUT2D eigenvalue weighted by molar-refractivity contribution is 6.33. The molecule has 1 saturated heterocycles. The molecule has 31 heavy (non-hydrogen) atoms. The van der Waals surface area contributed by atoms with Crippen molar-refractivity contribution in [2.24, 2.45) is 0 Å². The molecule has 1 fully saturated rings. The lowest BCUT2D eigenvalue weighted by molar-refractivity contribution is 0.0746. The molecular weight excluding hydrogens is 408 g/mol. The standard InChI is InChI=1S/C25H21ClN4O/c26-22-8-4-3-7-21(22)25(31)30-15-13-29(14-16-30)24-12-11-23(27-28-24)20-10-9-18-5-1-2-6-19(18)17-20/h1-12,17H,13-16H2. The molecule has 1 aliphatic rings. The molecule has 0 unspecified atom stereocenters. The zero-order valence-corrected chi connectivity index (χ0v) is 17.7. The minimum Gasteiger partial charge on any atom is -0.352 e. The van der Waals surface area contributed by atoms with Crippen molar-refractivity contribution >= 4 is 34.1 Å². The fraction of sp³-hybridized carbons (Fsp3) is 0.160. The number of halogens is 1. The second-order valence-corrected chi connectivity index (χ2v) is 8.00. The van der Waals surface area contributed by atoms with Gasteiger partial charge in [-0.3, -0.25) is 4.79 Å².